The Morgan fingerprint density at radius 1 is 1.52 bits per heavy atom. The van der Waals surface area contributed by atoms with Gasteiger partial charge in [0.2, 0.25) is 5.91 Å². The van der Waals surface area contributed by atoms with Crippen LogP contribution in [0.3, 0.4) is 0 Å². The molecule has 5 nitrogen and oxygen atoms in total. The third-order valence-electron chi connectivity index (χ3n) is 3.57. The summed E-state index contributed by atoms with van der Waals surface area (Å²) < 4.78 is 5.02. The Hall–Kier alpha value is -1.14. The molecule has 1 aromatic carbocycles. The lowest BCUT2D eigenvalue weighted by Crippen LogP contribution is -2.51. The maximum atomic E-state index is 12.3. The van der Waals surface area contributed by atoms with E-state index < -0.39 is 0 Å². The van der Waals surface area contributed by atoms with Crippen molar-refractivity contribution in [3.05, 3.63) is 34.9 Å². The molecule has 0 saturated carbocycles. The van der Waals surface area contributed by atoms with Gasteiger partial charge in [0, 0.05) is 31.3 Å². The Morgan fingerprint density at radius 2 is 2.38 bits per heavy atom. The Balaban J connectivity index is 1.81. The molecule has 116 valence electrons. The molecule has 0 radical (unpaired) electrons. The van der Waals surface area contributed by atoms with E-state index in [-0.39, 0.29) is 18.0 Å². The van der Waals surface area contributed by atoms with Crippen molar-refractivity contribution in [1.82, 2.24) is 16.0 Å². The second-order valence-corrected chi connectivity index (χ2v) is 5.56. The van der Waals surface area contributed by atoms with E-state index >= 15 is 0 Å². The van der Waals surface area contributed by atoms with Crippen LogP contribution in [0, 0.1) is 0 Å². The number of hydrogen-bond donors (Lipinski definition) is 3. The molecular weight excluding hydrogens is 290 g/mol. The topological polar surface area (TPSA) is 62.4 Å². The van der Waals surface area contributed by atoms with Crippen molar-refractivity contribution in [2.24, 2.45) is 0 Å². The lowest BCUT2D eigenvalue weighted by Gasteiger charge is -2.20. The molecule has 1 aliphatic heterocycles. The molecule has 2 atom stereocenters. The van der Waals surface area contributed by atoms with Gasteiger partial charge in [-0.25, -0.2) is 0 Å². The van der Waals surface area contributed by atoms with Crippen LogP contribution in [0.5, 0.6) is 0 Å². The van der Waals surface area contributed by atoms with Crippen LogP contribution in [0.4, 0.5) is 0 Å². The van der Waals surface area contributed by atoms with Crippen LogP contribution in [0.25, 0.3) is 0 Å². The Kier molecular flexibility index (Phi) is 6.45. The minimum Gasteiger partial charge on any atom is -0.383 e. The minimum absolute atomic E-state index is 0.0161. The summed E-state index contributed by atoms with van der Waals surface area (Å²) >= 11 is 5.93. The average molecular weight is 312 g/mol. The number of methoxy groups -OCH3 is 1. The molecule has 1 fully saturated rings. The van der Waals surface area contributed by atoms with Gasteiger partial charge in [0.25, 0.3) is 0 Å². The van der Waals surface area contributed by atoms with Gasteiger partial charge < -0.3 is 20.7 Å². The molecule has 2 rings (SSSR count). The third-order valence-corrected chi connectivity index (χ3v) is 3.81. The molecule has 0 aliphatic carbocycles. The van der Waals surface area contributed by atoms with Crippen LogP contribution < -0.4 is 16.0 Å². The highest BCUT2D eigenvalue weighted by molar-refractivity contribution is 6.30. The number of benzene rings is 1. The zero-order chi connectivity index (χ0) is 15.1. The Bertz CT molecular complexity index is 470. The zero-order valence-corrected chi connectivity index (χ0v) is 13.0. The Morgan fingerprint density at radius 3 is 3.14 bits per heavy atom. The second kappa shape index (κ2) is 8.34. The number of rotatable bonds is 7. The van der Waals surface area contributed by atoms with Gasteiger partial charge >= 0.3 is 0 Å². The highest BCUT2D eigenvalue weighted by Crippen LogP contribution is 2.11. The SMILES string of the molecule is COCCNC1CCNC1C(=O)NCc1cccc(Cl)c1. The predicted octanol–water partition coefficient (Wildman–Crippen LogP) is 0.923. The molecule has 6 heteroatoms. The predicted molar refractivity (Wildman–Crippen MR) is 83.4 cm³/mol. The highest BCUT2D eigenvalue weighted by Gasteiger charge is 2.31. The van der Waals surface area contributed by atoms with Crippen molar-refractivity contribution in [3.8, 4) is 0 Å². The molecule has 1 aromatic rings. The Labute approximate surface area is 130 Å². The number of amides is 1. The molecule has 1 saturated heterocycles. The summed E-state index contributed by atoms with van der Waals surface area (Å²) in [5, 5.41) is 10.2. The third kappa shape index (κ3) is 4.97. The summed E-state index contributed by atoms with van der Waals surface area (Å²) in [5.41, 5.74) is 0.998. The van der Waals surface area contributed by atoms with Crippen molar-refractivity contribution in [3.63, 3.8) is 0 Å². The van der Waals surface area contributed by atoms with Crippen LogP contribution in [0.2, 0.25) is 5.02 Å². The molecule has 2 unspecified atom stereocenters. The molecule has 0 bridgehead atoms. The first-order chi connectivity index (χ1) is 10.2. The van der Waals surface area contributed by atoms with Gasteiger partial charge in [0.15, 0.2) is 0 Å². The largest absolute Gasteiger partial charge is 0.383 e. The number of ether oxygens (including phenoxy) is 1. The van der Waals surface area contributed by atoms with Crippen molar-refractivity contribution >= 4 is 17.5 Å². The standard InChI is InChI=1S/C15H22ClN3O2/c1-21-8-7-17-13-5-6-18-14(13)15(20)19-10-11-3-2-4-12(16)9-11/h2-4,9,13-14,17-18H,5-8,10H2,1H3,(H,19,20). The average Bonchev–Trinajstić information content (AvgIpc) is 2.94. The molecule has 1 heterocycles. The van der Waals surface area contributed by atoms with Crippen LogP contribution in [0.15, 0.2) is 24.3 Å². The summed E-state index contributed by atoms with van der Waals surface area (Å²) in [6.45, 7) is 2.73. The van der Waals surface area contributed by atoms with E-state index in [1.165, 1.54) is 0 Å². The fourth-order valence-corrected chi connectivity index (χ4v) is 2.70. The summed E-state index contributed by atoms with van der Waals surface area (Å²) in [5.74, 6) is 0.0161. The van der Waals surface area contributed by atoms with E-state index in [2.05, 4.69) is 16.0 Å². The van der Waals surface area contributed by atoms with Gasteiger partial charge in [-0.2, -0.15) is 0 Å². The quantitative estimate of drug-likeness (QED) is 0.655. The first kappa shape index (κ1) is 16.2. The summed E-state index contributed by atoms with van der Waals surface area (Å²) in [4.78, 5) is 12.3. The molecule has 21 heavy (non-hydrogen) atoms. The fraction of sp³-hybridized carbons (Fsp3) is 0.533. The smallest absolute Gasteiger partial charge is 0.239 e. The molecular formula is C15H22ClN3O2. The van der Waals surface area contributed by atoms with Gasteiger partial charge in [-0.1, -0.05) is 23.7 Å². The zero-order valence-electron chi connectivity index (χ0n) is 12.2. The van der Waals surface area contributed by atoms with E-state index in [1.54, 1.807) is 7.11 Å². The van der Waals surface area contributed by atoms with Crippen LogP contribution in [-0.4, -0.2) is 44.8 Å². The lowest BCUT2D eigenvalue weighted by molar-refractivity contribution is -0.123. The monoisotopic (exact) mass is 311 g/mol. The van der Waals surface area contributed by atoms with E-state index in [9.17, 15) is 4.79 Å². The molecule has 1 amide bonds. The van der Waals surface area contributed by atoms with Crippen molar-refractivity contribution in [2.75, 3.05) is 26.8 Å². The fourth-order valence-electron chi connectivity index (χ4n) is 2.49. The highest BCUT2D eigenvalue weighted by atomic mass is 35.5. The molecule has 0 aromatic heterocycles. The van der Waals surface area contributed by atoms with E-state index in [0.29, 0.717) is 18.2 Å². The molecule has 0 spiro atoms. The van der Waals surface area contributed by atoms with Crippen molar-refractivity contribution in [2.45, 2.75) is 25.0 Å². The summed E-state index contributed by atoms with van der Waals surface area (Å²) in [6, 6.07) is 7.47. The van der Waals surface area contributed by atoms with Gasteiger partial charge in [-0.15, -0.1) is 0 Å². The van der Waals surface area contributed by atoms with Crippen LogP contribution in [0.1, 0.15) is 12.0 Å². The van der Waals surface area contributed by atoms with Crippen LogP contribution in [-0.2, 0) is 16.1 Å². The minimum atomic E-state index is -0.193. The molecule has 3 N–H and O–H groups in total. The maximum Gasteiger partial charge on any atom is 0.239 e. The van der Waals surface area contributed by atoms with Crippen LogP contribution >= 0.6 is 11.6 Å². The first-order valence-electron chi connectivity index (χ1n) is 7.18. The second-order valence-electron chi connectivity index (χ2n) is 5.12. The first-order valence-corrected chi connectivity index (χ1v) is 7.56. The van der Waals surface area contributed by atoms with E-state index in [1.807, 2.05) is 24.3 Å². The van der Waals surface area contributed by atoms with E-state index in [4.69, 9.17) is 16.3 Å². The number of halogens is 1. The van der Waals surface area contributed by atoms with Gasteiger partial charge in [0.1, 0.15) is 6.04 Å². The number of nitrogens with one attached hydrogen (secondary N) is 3. The van der Waals surface area contributed by atoms with Crippen molar-refractivity contribution < 1.29 is 9.53 Å². The number of hydrogen-bond acceptors (Lipinski definition) is 4. The molecule has 1 aliphatic rings. The maximum absolute atomic E-state index is 12.3. The summed E-state index contributed by atoms with van der Waals surface area (Å²) in [6.07, 6.45) is 0.943. The van der Waals surface area contributed by atoms with Crippen molar-refractivity contribution in [1.29, 1.82) is 0 Å². The van der Waals surface area contributed by atoms with E-state index in [0.717, 1.165) is 25.1 Å². The van der Waals surface area contributed by atoms with Gasteiger partial charge in [-0.3, -0.25) is 4.79 Å². The van der Waals surface area contributed by atoms with Gasteiger partial charge in [-0.05, 0) is 30.7 Å². The summed E-state index contributed by atoms with van der Waals surface area (Å²) in [7, 11) is 1.67. The normalized spacial score (nSPS) is 21.4. The number of carbonyl (C=O) groups excluding carboxylic acids is 1. The lowest BCUT2D eigenvalue weighted by atomic mass is 10.1. The number of carbonyl (C=O) groups is 1. The van der Waals surface area contributed by atoms with Gasteiger partial charge in [0.05, 0.1) is 6.61 Å².